The van der Waals surface area contributed by atoms with Crippen LogP contribution in [-0.4, -0.2) is 52.0 Å². The Balaban J connectivity index is 0.00000210. The maximum atomic E-state index is 12.9. The molecule has 0 radical (unpaired) electrons. The molecule has 2 aliphatic rings. The number of aromatic nitrogens is 3. The highest BCUT2D eigenvalue weighted by Crippen LogP contribution is 2.28. The molecule has 1 N–H and O–H groups in total. The average molecular weight is 390 g/mol. The smallest absolute Gasteiger partial charge is 0.276 e. The number of halogens is 1. The van der Waals surface area contributed by atoms with Gasteiger partial charge in [-0.1, -0.05) is 35.5 Å². The van der Waals surface area contributed by atoms with Crippen molar-refractivity contribution in [1.29, 1.82) is 0 Å². The van der Waals surface area contributed by atoms with Crippen molar-refractivity contribution in [3.8, 4) is 0 Å². The number of piperidine rings is 1. The normalized spacial score (nSPS) is 21.3. The summed E-state index contributed by atoms with van der Waals surface area (Å²) in [6.45, 7) is 3.60. The topological polar surface area (TPSA) is 63.1 Å². The summed E-state index contributed by atoms with van der Waals surface area (Å²) in [5.74, 6) is 0.568. The Morgan fingerprint density at radius 1 is 1.04 bits per heavy atom. The summed E-state index contributed by atoms with van der Waals surface area (Å²) < 4.78 is 1.89. The van der Waals surface area contributed by atoms with E-state index in [2.05, 4.69) is 46.0 Å². The maximum Gasteiger partial charge on any atom is 0.276 e. The van der Waals surface area contributed by atoms with Crippen LogP contribution in [0.4, 0.5) is 0 Å². The SMILES string of the molecule is Cl.O=C(c1cn(C2CCNCC2)nn1)N1CCCC(c2ccccc2)CC1. The number of carbonyl (C=O) groups is 1. The molecule has 27 heavy (non-hydrogen) atoms. The van der Waals surface area contributed by atoms with Crippen molar-refractivity contribution in [2.45, 2.75) is 44.1 Å². The summed E-state index contributed by atoms with van der Waals surface area (Å²) in [4.78, 5) is 14.8. The number of hydrogen-bond acceptors (Lipinski definition) is 4. The van der Waals surface area contributed by atoms with Gasteiger partial charge >= 0.3 is 0 Å². The highest BCUT2D eigenvalue weighted by atomic mass is 35.5. The molecule has 2 fully saturated rings. The van der Waals surface area contributed by atoms with Crippen LogP contribution in [0.2, 0.25) is 0 Å². The molecule has 4 rings (SSSR count). The Labute approximate surface area is 166 Å². The van der Waals surface area contributed by atoms with E-state index >= 15 is 0 Å². The lowest BCUT2D eigenvalue weighted by molar-refractivity contribution is 0.0755. The molecular weight excluding hydrogens is 362 g/mol. The summed E-state index contributed by atoms with van der Waals surface area (Å²) >= 11 is 0. The lowest BCUT2D eigenvalue weighted by Gasteiger charge is -2.22. The molecule has 2 saturated heterocycles. The number of benzene rings is 1. The van der Waals surface area contributed by atoms with Crippen LogP contribution in [0.5, 0.6) is 0 Å². The fourth-order valence-corrected chi connectivity index (χ4v) is 4.14. The standard InChI is InChI=1S/C20H27N5O.ClH/c26-20(19-15-25(23-22-19)18-8-11-21-12-9-18)24-13-4-7-17(10-14-24)16-5-2-1-3-6-16;/h1-3,5-6,15,17-18,21H,4,7-14H2;1H. The van der Waals surface area contributed by atoms with Gasteiger partial charge in [-0.3, -0.25) is 4.79 Å². The zero-order valence-electron chi connectivity index (χ0n) is 15.6. The quantitative estimate of drug-likeness (QED) is 0.876. The van der Waals surface area contributed by atoms with E-state index in [0.717, 1.165) is 58.3 Å². The highest BCUT2D eigenvalue weighted by Gasteiger charge is 2.25. The first-order valence-electron chi connectivity index (χ1n) is 9.78. The third-order valence-electron chi connectivity index (χ3n) is 5.70. The molecule has 146 valence electrons. The van der Waals surface area contributed by atoms with Crippen molar-refractivity contribution in [3.05, 3.63) is 47.8 Å². The minimum Gasteiger partial charge on any atom is -0.337 e. The van der Waals surface area contributed by atoms with Crippen molar-refractivity contribution in [2.75, 3.05) is 26.2 Å². The third kappa shape index (κ3) is 4.68. The van der Waals surface area contributed by atoms with Gasteiger partial charge in [0.2, 0.25) is 0 Å². The highest BCUT2D eigenvalue weighted by molar-refractivity contribution is 5.91. The molecule has 6 nitrogen and oxygen atoms in total. The second-order valence-corrected chi connectivity index (χ2v) is 7.40. The molecule has 1 aromatic carbocycles. The number of hydrogen-bond donors (Lipinski definition) is 1. The monoisotopic (exact) mass is 389 g/mol. The van der Waals surface area contributed by atoms with Gasteiger partial charge in [0.15, 0.2) is 5.69 Å². The summed E-state index contributed by atoms with van der Waals surface area (Å²) in [6.07, 6.45) is 7.11. The molecule has 0 bridgehead atoms. The van der Waals surface area contributed by atoms with Gasteiger partial charge in [-0.05, 0) is 56.7 Å². The van der Waals surface area contributed by atoms with Gasteiger partial charge in [0, 0.05) is 13.1 Å². The van der Waals surface area contributed by atoms with E-state index in [-0.39, 0.29) is 18.3 Å². The molecule has 2 aromatic rings. The van der Waals surface area contributed by atoms with Crippen LogP contribution >= 0.6 is 12.4 Å². The van der Waals surface area contributed by atoms with Crippen LogP contribution in [0.25, 0.3) is 0 Å². The fraction of sp³-hybridized carbons (Fsp3) is 0.550. The van der Waals surface area contributed by atoms with Gasteiger partial charge in [0.05, 0.1) is 12.2 Å². The first kappa shape index (κ1) is 19.8. The summed E-state index contributed by atoms with van der Waals surface area (Å²) in [5.41, 5.74) is 1.88. The molecule has 7 heteroatoms. The lowest BCUT2D eigenvalue weighted by atomic mass is 9.92. The number of likely N-dealkylation sites (tertiary alicyclic amines) is 1. The molecule has 2 aliphatic heterocycles. The van der Waals surface area contributed by atoms with Crippen LogP contribution in [0, 0.1) is 0 Å². The fourth-order valence-electron chi connectivity index (χ4n) is 4.14. The molecule has 3 heterocycles. The zero-order valence-corrected chi connectivity index (χ0v) is 16.4. The van der Waals surface area contributed by atoms with E-state index in [4.69, 9.17) is 0 Å². The van der Waals surface area contributed by atoms with Gasteiger partial charge in [-0.25, -0.2) is 4.68 Å². The number of carbonyl (C=O) groups excluding carboxylic acids is 1. The largest absolute Gasteiger partial charge is 0.337 e. The van der Waals surface area contributed by atoms with Crippen molar-refractivity contribution in [3.63, 3.8) is 0 Å². The molecule has 1 atom stereocenters. The zero-order chi connectivity index (χ0) is 17.8. The number of rotatable bonds is 3. The Kier molecular flexibility index (Phi) is 6.85. The summed E-state index contributed by atoms with van der Waals surface area (Å²) in [7, 11) is 0. The second kappa shape index (κ2) is 9.33. The minimum absolute atomic E-state index is 0. The predicted octanol–water partition coefficient (Wildman–Crippen LogP) is 3.03. The van der Waals surface area contributed by atoms with Gasteiger partial charge in [0.25, 0.3) is 5.91 Å². The van der Waals surface area contributed by atoms with E-state index in [9.17, 15) is 4.79 Å². The van der Waals surface area contributed by atoms with Crippen LogP contribution in [0.1, 0.15) is 60.1 Å². The van der Waals surface area contributed by atoms with Gasteiger partial charge in [0.1, 0.15) is 0 Å². The van der Waals surface area contributed by atoms with E-state index < -0.39 is 0 Å². The van der Waals surface area contributed by atoms with Gasteiger partial charge in [-0.2, -0.15) is 0 Å². The molecule has 0 spiro atoms. The van der Waals surface area contributed by atoms with Crippen LogP contribution in [0.3, 0.4) is 0 Å². The minimum atomic E-state index is 0. The number of nitrogens with one attached hydrogen (secondary N) is 1. The first-order valence-corrected chi connectivity index (χ1v) is 9.78. The maximum absolute atomic E-state index is 12.9. The van der Waals surface area contributed by atoms with E-state index in [1.165, 1.54) is 5.56 Å². The lowest BCUT2D eigenvalue weighted by Crippen LogP contribution is -2.32. The molecule has 1 aromatic heterocycles. The molecule has 0 aliphatic carbocycles. The average Bonchev–Trinajstić information content (AvgIpc) is 3.07. The molecule has 1 amide bonds. The predicted molar refractivity (Wildman–Crippen MR) is 107 cm³/mol. The first-order chi connectivity index (χ1) is 12.8. The van der Waals surface area contributed by atoms with E-state index in [1.807, 2.05) is 15.8 Å². The molecule has 1 unspecified atom stereocenters. The second-order valence-electron chi connectivity index (χ2n) is 7.40. The van der Waals surface area contributed by atoms with Crippen molar-refractivity contribution in [1.82, 2.24) is 25.2 Å². The summed E-state index contributed by atoms with van der Waals surface area (Å²) in [6, 6.07) is 11.0. The van der Waals surface area contributed by atoms with E-state index in [1.54, 1.807) is 0 Å². The summed E-state index contributed by atoms with van der Waals surface area (Å²) in [5, 5.41) is 11.8. The van der Waals surface area contributed by atoms with Gasteiger partial charge in [-0.15, -0.1) is 17.5 Å². The van der Waals surface area contributed by atoms with Crippen molar-refractivity contribution < 1.29 is 4.79 Å². The van der Waals surface area contributed by atoms with Crippen LogP contribution in [-0.2, 0) is 0 Å². The number of amides is 1. The van der Waals surface area contributed by atoms with E-state index in [0.29, 0.717) is 17.7 Å². The van der Waals surface area contributed by atoms with Crippen molar-refractivity contribution in [2.24, 2.45) is 0 Å². The molecule has 0 saturated carbocycles. The Hall–Kier alpha value is -1.92. The van der Waals surface area contributed by atoms with Gasteiger partial charge < -0.3 is 10.2 Å². The Morgan fingerprint density at radius 2 is 1.81 bits per heavy atom. The Bertz CT molecular complexity index is 729. The van der Waals surface area contributed by atoms with Crippen molar-refractivity contribution >= 4 is 18.3 Å². The number of nitrogens with zero attached hydrogens (tertiary/aromatic N) is 4. The Morgan fingerprint density at radius 3 is 2.59 bits per heavy atom. The third-order valence-corrected chi connectivity index (χ3v) is 5.70. The molecular formula is C20H28ClN5O. The van der Waals surface area contributed by atoms with Crippen LogP contribution in [0.15, 0.2) is 36.5 Å². The van der Waals surface area contributed by atoms with Crippen LogP contribution < -0.4 is 5.32 Å².